The van der Waals surface area contributed by atoms with Gasteiger partial charge in [0.05, 0.1) is 12.7 Å². The molecule has 1 atom stereocenters. The molecule has 5 rings (SSSR count). The Balaban J connectivity index is 1.50. The molecule has 0 radical (unpaired) electrons. The first-order chi connectivity index (χ1) is 15.7. The van der Waals surface area contributed by atoms with Gasteiger partial charge in [-0.25, -0.2) is 9.18 Å². The lowest BCUT2D eigenvalue weighted by Crippen LogP contribution is -2.53. The second-order valence-corrected chi connectivity index (χ2v) is 10.3. The summed E-state index contributed by atoms with van der Waals surface area (Å²) in [5.41, 5.74) is 3.73. The second kappa shape index (κ2) is 7.87. The highest BCUT2D eigenvalue weighted by Gasteiger charge is 2.55. The molecule has 3 aromatic rings. The van der Waals surface area contributed by atoms with Gasteiger partial charge in [0, 0.05) is 35.2 Å². The average molecular weight is 451 g/mol. The molecule has 1 saturated carbocycles. The van der Waals surface area contributed by atoms with E-state index in [1.54, 1.807) is 26.2 Å². The van der Waals surface area contributed by atoms with Gasteiger partial charge in [0.1, 0.15) is 11.4 Å². The number of hydrogen-bond acceptors (Lipinski definition) is 3. The van der Waals surface area contributed by atoms with Crippen molar-refractivity contribution >= 4 is 16.9 Å². The van der Waals surface area contributed by atoms with E-state index in [0.29, 0.717) is 19.4 Å². The van der Waals surface area contributed by atoms with Crippen LogP contribution in [-0.4, -0.2) is 40.3 Å². The number of rotatable bonds is 5. The molecular formula is C27H31FN2O3. The van der Waals surface area contributed by atoms with Gasteiger partial charge in [-0.3, -0.25) is 4.90 Å². The summed E-state index contributed by atoms with van der Waals surface area (Å²) in [6, 6.07) is 11.5. The van der Waals surface area contributed by atoms with Crippen LogP contribution in [0.4, 0.5) is 4.39 Å². The normalized spacial score (nSPS) is 27.6. The minimum atomic E-state index is -1.07. The zero-order valence-electron chi connectivity index (χ0n) is 19.5. The predicted octanol–water partition coefficient (Wildman–Crippen LogP) is 6.03. The first-order valence-electron chi connectivity index (χ1n) is 11.6. The number of carboxylic acids is 1. The van der Waals surface area contributed by atoms with Crippen molar-refractivity contribution in [2.24, 2.45) is 5.41 Å². The Hall–Kier alpha value is -2.86. The molecule has 0 bridgehead atoms. The van der Waals surface area contributed by atoms with Gasteiger partial charge in [-0.2, -0.15) is 0 Å². The zero-order chi connectivity index (χ0) is 23.4. The number of aromatic amines is 1. The summed E-state index contributed by atoms with van der Waals surface area (Å²) in [6.45, 7) is 5.37. The van der Waals surface area contributed by atoms with Crippen molar-refractivity contribution < 1.29 is 19.0 Å². The number of nitrogens with one attached hydrogen (secondary N) is 1. The molecule has 6 heteroatoms. The van der Waals surface area contributed by atoms with E-state index in [1.807, 2.05) is 18.3 Å². The largest absolute Gasteiger partial charge is 0.496 e. The standard InChI is InChI=1S/C27H31FN2O3/c1-17-12-23(33-3)21(20-8-10-29-24(17)20)14-30-11-9-27(15-26(2,28)16-27)13-22(30)18-4-6-19(7-5-18)25(31)32/h4-8,10,12,22,29H,9,11,13-16H2,1-3H3,(H,31,32)/t22-,26-,27-/m0/s1. The molecule has 2 N–H and O–H groups in total. The number of halogens is 1. The van der Waals surface area contributed by atoms with Crippen LogP contribution in [0.15, 0.2) is 42.6 Å². The number of aromatic carboxylic acids is 1. The molecule has 1 spiro atoms. The number of likely N-dealkylation sites (tertiary alicyclic amines) is 1. The third-order valence-electron chi connectivity index (χ3n) is 7.72. The van der Waals surface area contributed by atoms with Gasteiger partial charge in [0.2, 0.25) is 0 Å². The lowest BCUT2D eigenvalue weighted by molar-refractivity contribution is -0.106. The molecule has 174 valence electrons. The number of fused-ring (bicyclic) bond motifs is 1. The third kappa shape index (κ3) is 3.90. The summed E-state index contributed by atoms with van der Waals surface area (Å²) in [4.78, 5) is 17.2. The number of piperidine rings is 1. The quantitative estimate of drug-likeness (QED) is 0.498. The fourth-order valence-corrected chi connectivity index (χ4v) is 6.36. The maximum Gasteiger partial charge on any atom is 0.335 e. The van der Waals surface area contributed by atoms with Gasteiger partial charge in [0.15, 0.2) is 0 Å². The van der Waals surface area contributed by atoms with E-state index < -0.39 is 11.6 Å². The smallest absolute Gasteiger partial charge is 0.335 e. The van der Waals surface area contributed by atoms with Gasteiger partial charge in [-0.05, 0) is 86.9 Å². The van der Waals surface area contributed by atoms with Crippen molar-refractivity contribution in [3.05, 3.63) is 64.8 Å². The number of methoxy groups -OCH3 is 1. The molecule has 1 saturated heterocycles. The van der Waals surface area contributed by atoms with E-state index in [2.05, 4.69) is 28.9 Å². The summed E-state index contributed by atoms with van der Waals surface area (Å²) < 4.78 is 20.3. The SMILES string of the molecule is COc1cc(C)c2[nH]ccc2c1CN1CC[C@]2(C[C@H]1c1ccc(C(=O)O)cc1)C[C@](C)(F)C2. The molecule has 1 aliphatic heterocycles. The molecule has 1 aromatic heterocycles. The number of alkyl halides is 1. The van der Waals surface area contributed by atoms with E-state index in [1.165, 1.54) is 0 Å². The van der Waals surface area contributed by atoms with E-state index in [4.69, 9.17) is 4.74 Å². The fourth-order valence-electron chi connectivity index (χ4n) is 6.36. The minimum absolute atomic E-state index is 0.0247. The van der Waals surface area contributed by atoms with Crippen molar-refractivity contribution in [1.29, 1.82) is 0 Å². The van der Waals surface area contributed by atoms with Gasteiger partial charge >= 0.3 is 5.97 Å². The molecule has 0 amide bonds. The monoisotopic (exact) mass is 450 g/mol. The van der Waals surface area contributed by atoms with Crippen molar-refractivity contribution in [2.45, 2.75) is 57.8 Å². The third-order valence-corrected chi connectivity index (χ3v) is 7.72. The molecular weight excluding hydrogens is 419 g/mol. The van der Waals surface area contributed by atoms with E-state index in [9.17, 15) is 14.3 Å². The molecule has 2 heterocycles. The van der Waals surface area contributed by atoms with Gasteiger partial charge in [-0.15, -0.1) is 0 Å². The van der Waals surface area contributed by atoms with Crippen LogP contribution in [-0.2, 0) is 6.54 Å². The minimum Gasteiger partial charge on any atom is -0.496 e. The van der Waals surface area contributed by atoms with E-state index in [0.717, 1.165) is 52.7 Å². The van der Waals surface area contributed by atoms with Gasteiger partial charge in [0.25, 0.3) is 0 Å². The lowest BCUT2D eigenvalue weighted by Gasteiger charge is -2.56. The van der Waals surface area contributed by atoms with Crippen molar-refractivity contribution in [3.8, 4) is 5.75 Å². The molecule has 33 heavy (non-hydrogen) atoms. The van der Waals surface area contributed by atoms with Crippen LogP contribution in [0, 0.1) is 12.3 Å². The fraction of sp³-hybridized carbons (Fsp3) is 0.444. The summed E-state index contributed by atoms with van der Waals surface area (Å²) in [5.74, 6) is -0.0511. The van der Waals surface area contributed by atoms with Crippen LogP contribution >= 0.6 is 0 Å². The van der Waals surface area contributed by atoms with Crippen LogP contribution in [0.3, 0.4) is 0 Å². The Labute approximate surface area is 193 Å². The summed E-state index contributed by atoms with van der Waals surface area (Å²) in [5, 5.41) is 10.5. The molecule has 2 aliphatic rings. The first-order valence-corrected chi connectivity index (χ1v) is 11.6. The Morgan fingerprint density at radius 1 is 1.27 bits per heavy atom. The summed E-state index contributed by atoms with van der Waals surface area (Å²) >= 11 is 0. The van der Waals surface area contributed by atoms with Crippen LogP contribution < -0.4 is 4.74 Å². The van der Waals surface area contributed by atoms with Crippen LogP contribution in [0.5, 0.6) is 5.75 Å². The number of benzene rings is 2. The Morgan fingerprint density at radius 3 is 2.64 bits per heavy atom. The molecule has 2 fully saturated rings. The highest BCUT2D eigenvalue weighted by molar-refractivity contribution is 5.88. The number of carboxylic acid groups (broad SMARTS) is 1. The van der Waals surface area contributed by atoms with Crippen LogP contribution in [0.2, 0.25) is 0 Å². The molecule has 5 nitrogen and oxygen atoms in total. The Kier molecular flexibility index (Phi) is 5.24. The van der Waals surface area contributed by atoms with Gasteiger partial charge < -0.3 is 14.8 Å². The Morgan fingerprint density at radius 2 is 2.00 bits per heavy atom. The number of hydrogen-bond donors (Lipinski definition) is 2. The maximum atomic E-state index is 14.5. The number of aromatic nitrogens is 1. The van der Waals surface area contributed by atoms with Crippen molar-refractivity contribution in [3.63, 3.8) is 0 Å². The van der Waals surface area contributed by atoms with E-state index in [-0.39, 0.29) is 17.0 Å². The first kappa shape index (κ1) is 22.0. The zero-order valence-corrected chi connectivity index (χ0v) is 19.5. The number of aryl methyl sites for hydroxylation is 1. The van der Waals surface area contributed by atoms with Crippen molar-refractivity contribution in [1.82, 2.24) is 9.88 Å². The number of carbonyl (C=O) groups is 1. The van der Waals surface area contributed by atoms with Gasteiger partial charge in [-0.1, -0.05) is 12.1 Å². The van der Waals surface area contributed by atoms with Crippen molar-refractivity contribution in [2.75, 3.05) is 13.7 Å². The maximum absolute atomic E-state index is 14.5. The average Bonchev–Trinajstić information content (AvgIpc) is 3.26. The topological polar surface area (TPSA) is 65.6 Å². The molecule has 1 aliphatic carbocycles. The second-order valence-electron chi connectivity index (χ2n) is 10.3. The molecule has 2 aromatic carbocycles. The van der Waals surface area contributed by atoms with E-state index >= 15 is 0 Å². The summed E-state index contributed by atoms with van der Waals surface area (Å²) in [6.07, 6.45) is 5.02. The molecule has 0 unspecified atom stereocenters. The lowest BCUT2D eigenvalue weighted by atomic mass is 9.55. The predicted molar refractivity (Wildman–Crippen MR) is 127 cm³/mol. The number of nitrogens with zero attached hydrogens (tertiary/aromatic N) is 1. The number of H-pyrrole nitrogens is 1. The number of ether oxygens (including phenoxy) is 1. The van der Waals surface area contributed by atoms with Crippen LogP contribution in [0.1, 0.15) is 65.7 Å². The highest BCUT2D eigenvalue weighted by atomic mass is 19.1. The Bertz CT molecular complexity index is 1190. The summed E-state index contributed by atoms with van der Waals surface area (Å²) in [7, 11) is 1.71. The highest BCUT2D eigenvalue weighted by Crippen LogP contribution is 2.60. The van der Waals surface area contributed by atoms with Crippen LogP contribution in [0.25, 0.3) is 10.9 Å².